The Morgan fingerprint density at radius 3 is 2.83 bits per heavy atom. The first-order valence-corrected chi connectivity index (χ1v) is 5.67. The summed E-state index contributed by atoms with van der Waals surface area (Å²) in [6.45, 7) is 0. The molecule has 1 aromatic carbocycles. The Kier molecular flexibility index (Phi) is 1.56. The fourth-order valence-corrected chi connectivity index (χ4v) is 2.62. The van der Waals surface area contributed by atoms with Crippen LogP contribution in [0.3, 0.4) is 0 Å². The van der Waals surface area contributed by atoms with Crippen molar-refractivity contribution < 1.29 is 0 Å². The molecule has 0 atom stereocenters. The smallest absolute Gasteiger partial charge is 0.257 e. The Bertz CT molecular complexity index is 956. The first-order valence-electron chi connectivity index (χ1n) is 5.67. The van der Waals surface area contributed by atoms with E-state index in [9.17, 15) is 4.79 Å². The van der Waals surface area contributed by atoms with E-state index in [4.69, 9.17) is 5.73 Å². The van der Waals surface area contributed by atoms with Crippen LogP contribution in [0.2, 0.25) is 0 Å². The molecule has 4 nitrogen and oxygen atoms in total. The molecular weight excluding hydrogens is 226 g/mol. The second kappa shape index (κ2) is 2.98. The van der Waals surface area contributed by atoms with Gasteiger partial charge < -0.3 is 5.73 Å². The highest BCUT2D eigenvalue weighted by molar-refractivity contribution is 6.14. The molecule has 0 aliphatic rings. The second-order valence-corrected chi connectivity index (χ2v) is 4.35. The number of para-hydroxylation sites is 1. The van der Waals surface area contributed by atoms with Crippen LogP contribution in [0.4, 0.5) is 5.69 Å². The number of fused-ring (bicyclic) bond motifs is 3. The van der Waals surface area contributed by atoms with E-state index in [1.807, 2.05) is 30.3 Å². The minimum absolute atomic E-state index is 0.112. The first-order chi connectivity index (χ1) is 8.77. The lowest BCUT2D eigenvalue weighted by Crippen LogP contribution is -2.12. The molecule has 0 fully saturated rings. The maximum absolute atomic E-state index is 12.1. The van der Waals surface area contributed by atoms with Crippen molar-refractivity contribution in [3.63, 3.8) is 0 Å². The molecule has 0 unspecified atom stereocenters. The maximum atomic E-state index is 12.1. The van der Waals surface area contributed by atoms with Gasteiger partial charge in [-0.05, 0) is 12.1 Å². The largest absolute Gasteiger partial charge is 0.397 e. The first kappa shape index (κ1) is 9.41. The molecular formula is C14H9N3O. The Balaban J connectivity index is 2.55. The molecule has 0 saturated heterocycles. The zero-order valence-electron chi connectivity index (χ0n) is 9.42. The molecule has 3 aromatic heterocycles. The van der Waals surface area contributed by atoms with Crippen LogP contribution in [0.1, 0.15) is 0 Å². The van der Waals surface area contributed by atoms with Gasteiger partial charge in [-0.2, -0.15) is 0 Å². The lowest BCUT2D eigenvalue weighted by Gasteiger charge is -2.01. The van der Waals surface area contributed by atoms with Gasteiger partial charge in [0.05, 0.1) is 16.7 Å². The number of hydrogen-bond donors (Lipinski definition) is 1. The summed E-state index contributed by atoms with van der Waals surface area (Å²) in [7, 11) is 0. The van der Waals surface area contributed by atoms with E-state index in [1.54, 1.807) is 10.6 Å². The van der Waals surface area contributed by atoms with Crippen LogP contribution in [0.5, 0.6) is 0 Å². The summed E-state index contributed by atoms with van der Waals surface area (Å²) in [6.07, 6.45) is 1.73. The summed E-state index contributed by atoms with van der Waals surface area (Å²) >= 11 is 0. The monoisotopic (exact) mass is 235 g/mol. The van der Waals surface area contributed by atoms with E-state index in [1.165, 1.54) is 6.07 Å². The summed E-state index contributed by atoms with van der Waals surface area (Å²) in [5.41, 5.74) is 8.59. The average Bonchev–Trinajstić information content (AvgIpc) is 2.72. The fourth-order valence-electron chi connectivity index (χ4n) is 2.62. The predicted molar refractivity (Wildman–Crippen MR) is 72.1 cm³/mol. The third kappa shape index (κ3) is 0.953. The van der Waals surface area contributed by atoms with Crippen LogP contribution < -0.4 is 11.3 Å². The van der Waals surface area contributed by atoms with Gasteiger partial charge in [-0.3, -0.25) is 14.2 Å². The molecule has 0 bridgehead atoms. The van der Waals surface area contributed by atoms with Crippen LogP contribution in [0.25, 0.3) is 27.3 Å². The van der Waals surface area contributed by atoms with E-state index in [2.05, 4.69) is 4.98 Å². The number of rotatable bonds is 0. The molecule has 4 rings (SSSR count). The van der Waals surface area contributed by atoms with Gasteiger partial charge in [-0.15, -0.1) is 0 Å². The third-order valence-corrected chi connectivity index (χ3v) is 3.36. The summed E-state index contributed by atoms with van der Waals surface area (Å²) in [4.78, 5) is 16.4. The summed E-state index contributed by atoms with van der Waals surface area (Å²) in [5, 5.41) is 2.06. The Morgan fingerprint density at radius 1 is 1.11 bits per heavy atom. The van der Waals surface area contributed by atoms with Crippen LogP contribution in [0, 0.1) is 0 Å². The van der Waals surface area contributed by atoms with Gasteiger partial charge in [0.25, 0.3) is 5.56 Å². The maximum Gasteiger partial charge on any atom is 0.257 e. The number of hydrogen-bond acceptors (Lipinski definition) is 3. The molecule has 0 radical (unpaired) electrons. The Hall–Kier alpha value is -2.62. The molecule has 0 amide bonds. The number of pyridine rings is 2. The molecule has 86 valence electrons. The van der Waals surface area contributed by atoms with Crippen molar-refractivity contribution in [3.05, 3.63) is 52.9 Å². The van der Waals surface area contributed by atoms with Crippen molar-refractivity contribution in [2.45, 2.75) is 0 Å². The molecule has 2 N–H and O–H groups in total. The topological polar surface area (TPSA) is 60.4 Å². The van der Waals surface area contributed by atoms with Crippen molar-refractivity contribution in [1.29, 1.82) is 0 Å². The van der Waals surface area contributed by atoms with Crippen molar-refractivity contribution in [2.75, 3.05) is 5.73 Å². The Labute approximate surface area is 102 Å². The summed E-state index contributed by atoms with van der Waals surface area (Å²) in [6, 6.07) is 11.2. The number of benzene rings is 1. The predicted octanol–water partition coefficient (Wildman–Crippen LogP) is 2.02. The third-order valence-electron chi connectivity index (χ3n) is 3.36. The zero-order valence-corrected chi connectivity index (χ0v) is 9.42. The highest BCUT2D eigenvalue weighted by atomic mass is 16.1. The summed E-state index contributed by atoms with van der Waals surface area (Å²) in [5.74, 6) is 0. The van der Waals surface area contributed by atoms with Gasteiger partial charge in [0.15, 0.2) is 0 Å². The van der Waals surface area contributed by atoms with E-state index < -0.39 is 0 Å². The number of nitrogens with two attached hydrogens (primary N) is 1. The van der Waals surface area contributed by atoms with Crippen molar-refractivity contribution in [1.82, 2.24) is 9.38 Å². The second-order valence-electron chi connectivity index (χ2n) is 4.35. The SMILES string of the molecule is Nc1cc(=O)n2c3ccccc3c3ccnc1c32. The van der Waals surface area contributed by atoms with Gasteiger partial charge in [-0.1, -0.05) is 18.2 Å². The van der Waals surface area contributed by atoms with Gasteiger partial charge in [0, 0.05) is 23.0 Å². The van der Waals surface area contributed by atoms with Gasteiger partial charge >= 0.3 is 0 Å². The van der Waals surface area contributed by atoms with Crippen molar-refractivity contribution in [2.24, 2.45) is 0 Å². The van der Waals surface area contributed by atoms with E-state index in [0.29, 0.717) is 11.2 Å². The van der Waals surface area contributed by atoms with Crippen LogP contribution in [-0.2, 0) is 0 Å². The minimum atomic E-state index is -0.112. The van der Waals surface area contributed by atoms with E-state index >= 15 is 0 Å². The quantitative estimate of drug-likeness (QED) is 0.507. The normalized spacial score (nSPS) is 11.8. The number of anilines is 1. The van der Waals surface area contributed by atoms with E-state index in [0.717, 1.165) is 21.8 Å². The van der Waals surface area contributed by atoms with Gasteiger partial charge in [-0.25, -0.2) is 0 Å². The average molecular weight is 235 g/mol. The summed E-state index contributed by atoms with van der Waals surface area (Å²) < 4.78 is 1.68. The highest BCUT2D eigenvalue weighted by Crippen LogP contribution is 2.30. The number of nitrogens with zero attached hydrogens (tertiary/aromatic N) is 2. The lowest BCUT2D eigenvalue weighted by atomic mass is 10.2. The molecule has 0 aliphatic heterocycles. The molecule has 18 heavy (non-hydrogen) atoms. The molecule has 0 aliphatic carbocycles. The zero-order chi connectivity index (χ0) is 12.3. The standard InChI is InChI=1S/C14H9N3O/c15-10-7-12(18)17-11-4-2-1-3-8(11)9-5-6-16-13(10)14(9)17/h1-7H,15H2. The van der Waals surface area contributed by atoms with Gasteiger partial charge in [0.2, 0.25) is 0 Å². The number of nitrogen functional groups attached to an aromatic ring is 1. The van der Waals surface area contributed by atoms with Crippen molar-refractivity contribution >= 4 is 33.0 Å². The highest BCUT2D eigenvalue weighted by Gasteiger charge is 2.14. The fraction of sp³-hybridized carbons (Fsp3) is 0. The molecule has 0 saturated carbocycles. The lowest BCUT2D eigenvalue weighted by molar-refractivity contribution is 1.17. The van der Waals surface area contributed by atoms with Gasteiger partial charge in [0.1, 0.15) is 5.52 Å². The minimum Gasteiger partial charge on any atom is -0.397 e. The Morgan fingerprint density at radius 2 is 1.94 bits per heavy atom. The van der Waals surface area contributed by atoms with Crippen molar-refractivity contribution in [3.8, 4) is 0 Å². The molecule has 0 spiro atoms. The van der Waals surface area contributed by atoms with Crippen LogP contribution >= 0.6 is 0 Å². The molecule has 4 aromatic rings. The van der Waals surface area contributed by atoms with Crippen LogP contribution in [-0.4, -0.2) is 9.38 Å². The molecule has 3 heterocycles. The van der Waals surface area contributed by atoms with Crippen LogP contribution in [0.15, 0.2) is 47.4 Å². The molecule has 4 heteroatoms. The number of aromatic nitrogens is 2. The van der Waals surface area contributed by atoms with E-state index in [-0.39, 0.29) is 5.56 Å².